The molecule has 0 aliphatic rings. The van der Waals surface area contributed by atoms with Crippen LogP contribution in [0.25, 0.3) is 0 Å². The smallest absolute Gasteiger partial charge is 0.195 e. The molecule has 19 heavy (non-hydrogen) atoms. The molecular weight excluding hydrogens is 248 g/mol. The van der Waals surface area contributed by atoms with Crippen LogP contribution in [-0.2, 0) is 0 Å². The average Bonchev–Trinajstić information content (AvgIpc) is 2.27. The van der Waals surface area contributed by atoms with Gasteiger partial charge < -0.3 is 9.80 Å². The predicted molar refractivity (Wildman–Crippen MR) is 74.4 cm³/mol. The van der Waals surface area contributed by atoms with Crippen LogP contribution in [0.4, 0.5) is 8.78 Å². The third-order valence-corrected chi connectivity index (χ3v) is 2.80. The fourth-order valence-electron chi connectivity index (χ4n) is 1.90. The number of benzene rings is 1. The van der Waals surface area contributed by atoms with Gasteiger partial charge in [-0.2, -0.15) is 0 Å². The topological polar surface area (TPSA) is 18.8 Å². The molecule has 0 fully saturated rings. The van der Waals surface area contributed by atoms with Crippen LogP contribution in [0.1, 0.15) is 18.4 Å². The zero-order valence-electron chi connectivity index (χ0n) is 12.1. The van der Waals surface area contributed by atoms with E-state index >= 15 is 0 Å². The Kier molecular flexibility index (Phi) is 5.27. The Labute approximate surface area is 113 Å². The Balaban J connectivity index is 2.84. The van der Waals surface area contributed by atoms with Gasteiger partial charge in [0.05, 0.1) is 0 Å². The zero-order valence-corrected chi connectivity index (χ0v) is 12.1. The van der Waals surface area contributed by atoms with E-state index in [1.165, 1.54) is 12.1 Å². The van der Waals surface area contributed by atoms with Crippen LogP contribution in [0.15, 0.2) is 23.2 Å². The summed E-state index contributed by atoms with van der Waals surface area (Å²) in [6.45, 7) is 2.33. The molecule has 0 saturated carbocycles. The van der Waals surface area contributed by atoms with Gasteiger partial charge in [-0.25, -0.2) is 8.78 Å². The molecule has 1 aromatic carbocycles. The van der Waals surface area contributed by atoms with Crippen LogP contribution < -0.4 is 0 Å². The third kappa shape index (κ3) is 4.19. The summed E-state index contributed by atoms with van der Waals surface area (Å²) in [5, 5.41) is 0. The highest BCUT2D eigenvalue weighted by molar-refractivity contribution is 5.79. The van der Waals surface area contributed by atoms with E-state index in [-0.39, 0.29) is 5.92 Å². The van der Waals surface area contributed by atoms with Crippen molar-refractivity contribution in [2.24, 2.45) is 4.99 Å². The van der Waals surface area contributed by atoms with Crippen molar-refractivity contribution in [2.45, 2.75) is 12.8 Å². The van der Waals surface area contributed by atoms with Crippen LogP contribution in [0.5, 0.6) is 0 Å². The molecule has 0 N–H and O–H groups in total. The van der Waals surface area contributed by atoms with E-state index in [1.807, 2.05) is 44.9 Å². The van der Waals surface area contributed by atoms with Gasteiger partial charge in [0.2, 0.25) is 0 Å². The minimum absolute atomic E-state index is 0.101. The minimum Gasteiger partial charge on any atom is -0.349 e. The van der Waals surface area contributed by atoms with E-state index in [0.29, 0.717) is 12.1 Å². The maximum absolute atomic E-state index is 13.6. The molecule has 106 valence electrons. The second-order valence-corrected chi connectivity index (χ2v) is 5.00. The zero-order chi connectivity index (χ0) is 14.6. The van der Waals surface area contributed by atoms with Gasteiger partial charge in [-0.1, -0.05) is 13.0 Å². The summed E-state index contributed by atoms with van der Waals surface area (Å²) < 4.78 is 26.5. The molecule has 0 spiro atoms. The van der Waals surface area contributed by atoms with E-state index in [4.69, 9.17) is 0 Å². The van der Waals surface area contributed by atoms with Gasteiger partial charge in [0.15, 0.2) is 5.96 Å². The number of aliphatic imine (C=N–C) groups is 1. The van der Waals surface area contributed by atoms with Gasteiger partial charge in [-0.15, -0.1) is 0 Å². The lowest BCUT2D eigenvalue weighted by molar-refractivity contribution is 0.477. The van der Waals surface area contributed by atoms with Gasteiger partial charge >= 0.3 is 0 Å². The highest BCUT2D eigenvalue weighted by atomic mass is 19.1. The van der Waals surface area contributed by atoms with E-state index in [0.717, 1.165) is 12.0 Å². The van der Waals surface area contributed by atoms with E-state index in [9.17, 15) is 8.78 Å². The molecule has 1 aromatic rings. The van der Waals surface area contributed by atoms with Gasteiger partial charge in [-0.3, -0.25) is 4.99 Å². The Bertz CT molecular complexity index is 446. The molecule has 3 nitrogen and oxygen atoms in total. The Morgan fingerprint density at radius 2 is 1.74 bits per heavy atom. The Hall–Kier alpha value is -1.65. The predicted octanol–water partition coefficient (Wildman–Crippen LogP) is 2.55. The summed E-state index contributed by atoms with van der Waals surface area (Å²) >= 11 is 0. The normalized spacial score (nSPS) is 11.9. The minimum atomic E-state index is -0.556. The van der Waals surface area contributed by atoms with Gasteiger partial charge in [0.1, 0.15) is 11.6 Å². The second-order valence-electron chi connectivity index (χ2n) is 5.00. The molecule has 0 aliphatic carbocycles. The van der Waals surface area contributed by atoms with Crippen molar-refractivity contribution in [3.05, 3.63) is 35.4 Å². The van der Waals surface area contributed by atoms with Crippen molar-refractivity contribution in [3.8, 4) is 0 Å². The molecule has 0 amide bonds. The largest absolute Gasteiger partial charge is 0.349 e. The third-order valence-electron chi connectivity index (χ3n) is 2.80. The number of halogens is 2. The van der Waals surface area contributed by atoms with Gasteiger partial charge in [0.25, 0.3) is 0 Å². The summed E-state index contributed by atoms with van der Waals surface area (Å²) in [4.78, 5) is 8.26. The highest BCUT2D eigenvalue weighted by Crippen LogP contribution is 2.20. The molecular formula is C14H21F2N3. The summed E-state index contributed by atoms with van der Waals surface area (Å²) in [5.41, 5.74) is 0.488. The number of hydrogen-bond donors (Lipinski definition) is 0. The SMILES string of the molecule is CC(CN=C(N(C)C)N(C)C)c1ccc(F)cc1F. The molecule has 0 heterocycles. The molecule has 0 radical (unpaired) electrons. The highest BCUT2D eigenvalue weighted by Gasteiger charge is 2.12. The quantitative estimate of drug-likeness (QED) is 0.620. The number of rotatable bonds is 3. The lowest BCUT2D eigenvalue weighted by Gasteiger charge is -2.23. The van der Waals surface area contributed by atoms with Crippen LogP contribution in [-0.4, -0.2) is 50.5 Å². The van der Waals surface area contributed by atoms with Crippen molar-refractivity contribution >= 4 is 5.96 Å². The monoisotopic (exact) mass is 269 g/mol. The van der Waals surface area contributed by atoms with Gasteiger partial charge in [-0.05, 0) is 11.6 Å². The van der Waals surface area contributed by atoms with Crippen LogP contribution >= 0.6 is 0 Å². The maximum atomic E-state index is 13.6. The van der Waals surface area contributed by atoms with E-state index in [2.05, 4.69) is 4.99 Å². The first-order valence-corrected chi connectivity index (χ1v) is 6.17. The lowest BCUT2D eigenvalue weighted by Crippen LogP contribution is -2.35. The van der Waals surface area contributed by atoms with E-state index < -0.39 is 11.6 Å². The standard InChI is InChI=1S/C14H21F2N3/c1-10(9-17-14(18(2)3)19(4)5)12-7-6-11(15)8-13(12)16/h6-8,10H,9H2,1-5H3. The molecule has 1 unspecified atom stereocenters. The van der Waals surface area contributed by atoms with Gasteiger partial charge in [0, 0.05) is 46.7 Å². The first kappa shape index (κ1) is 15.4. The summed E-state index contributed by atoms with van der Waals surface area (Å²) in [7, 11) is 7.62. The molecule has 1 atom stereocenters. The average molecular weight is 269 g/mol. The molecule has 5 heteroatoms. The summed E-state index contributed by atoms with van der Waals surface area (Å²) in [6, 6.07) is 3.67. The summed E-state index contributed by atoms with van der Waals surface area (Å²) in [5.74, 6) is -0.358. The van der Waals surface area contributed by atoms with Crippen molar-refractivity contribution in [3.63, 3.8) is 0 Å². The van der Waals surface area contributed by atoms with E-state index in [1.54, 1.807) is 0 Å². The van der Waals surface area contributed by atoms with Crippen molar-refractivity contribution < 1.29 is 8.78 Å². The number of nitrogens with zero attached hydrogens (tertiary/aromatic N) is 3. The Morgan fingerprint density at radius 3 is 2.21 bits per heavy atom. The maximum Gasteiger partial charge on any atom is 0.195 e. The van der Waals surface area contributed by atoms with Crippen molar-refractivity contribution in [2.75, 3.05) is 34.7 Å². The van der Waals surface area contributed by atoms with Crippen LogP contribution in [0.2, 0.25) is 0 Å². The molecule has 0 aromatic heterocycles. The first-order valence-electron chi connectivity index (χ1n) is 6.17. The molecule has 1 rings (SSSR count). The summed E-state index contributed by atoms with van der Waals surface area (Å²) in [6.07, 6.45) is 0. The molecule has 0 aliphatic heterocycles. The Morgan fingerprint density at radius 1 is 1.16 bits per heavy atom. The molecule has 0 saturated heterocycles. The van der Waals surface area contributed by atoms with Crippen molar-refractivity contribution in [1.29, 1.82) is 0 Å². The van der Waals surface area contributed by atoms with Crippen LogP contribution in [0, 0.1) is 11.6 Å². The molecule has 0 bridgehead atoms. The lowest BCUT2D eigenvalue weighted by atomic mass is 10.0. The second kappa shape index (κ2) is 6.50. The number of guanidine groups is 1. The number of hydrogen-bond acceptors (Lipinski definition) is 1. The van der Waals surface area contributed by atoms with Crippen molar-refractivity contribution in [1.82, 2.24) is 9.80 Å². The fraction of sp³-hybridized carbons (Fsp3) is 0.500. The first-order chi connectivity index (χ1) is 8.82. The van der Waals surface area contributed by atoms with Crippen LogP contribution in [0.3, 0.4) is 0 Å². The fourth-order valence-corrected chi connectivity index (χ4v) is 1.90.